The van der Waals surface area contributed by atoms with Crippen molar-refractivity contribution in [1.29, 1.82) is 0 Å². The molecule has 0 atom stereocenters. The van der Waals surface area contributed by atoms with Crippen LogP contribution in [0.4, 0.5) is 5.69 Å². The first kappa shape index (κ1) is 27.7. The molecule has 0 heterocycles. The number of hydrogen-bond donors (Lipinski definition) is 2. The van der Waals surface area contributed by atoms with Crippen LogP contribution in [0.25, 0.3) is 5.57 Å². The molecule has 0 saturated carbocycles. The average molecular weight is 490 g/mol. The number of amides is 1. The van der Waals surface area contributed by atoms with Crippen molar-refractivity contribution in [3.8, 4) is 0 Å². The minimum Gasteiger partial charge on any atom is -0.478 e. The molecule has 1 aliphatic carbocycles. The molecule has 4 nitrogen and oxygen atoms in total. The first-order valence-electron chi connectivity index (χ1n) is 13.6. The molecule has 1 amide bonds. The summed E-state index contributed by atoms with van der Waals surface area (Å²) < 4.78 is 0. The van der Waals surface area contributed by atoms with Crippen LogP contribution in [0.5, 0.6) is 0 Å². The summed E-state index contributed by atoms with van der Waals surface area (Å²) in [6.45, 7) is 11.4. The summed E-state index contributed by atoms with van der Waals surface area (Å²) in [5, 5.41) is 12.5. The van der Waals surface area contributed by atoms with Crippen molar-refractivity contribution in [2.75, 3.05) is 5.32 Å². The van der Waals surface area contributed by atoms with E-state index in [2.05, 4.69) is 58.1 Å². The molecule has 0 fully saturated rings. The SMILES string of the molecule is CCCCCCCCC=C(C(=O)Nc1ccccc1C(=O)O)c1ccc2c(c1)C(C)(C)CCC2(C)C. The topological polar surface area (TPSA) is 66.4 Å². The van der Waals surface area contributed by atoms with Gasteiger partial charge in [0.15, 0.2) is 0 Å². The lowest BCUT2D eigenvalue weighted by molar-refractivity contribution is -0.111. The van der Waals surface area contributed by atoms with E-state index in [9.17, 15) is 14.7 Å². The first-order chi connectivity index (χ1) is 17.1. The first-order valence-corrected chi connectivity index (χ1v) is 13.6. The van der Waals surface area contributed by atoms with Gasteiger partial charge < -0.3 is 10.4 Å². The van der Waals surface area contributed by atoms with E-state index >= 15 is 0 Å². The Morgan fingerprint density at radius 1 is 0.889 bits per heavy atom. The lowest BCUT2D eigenvalue weighted by atomic mass is 9.63. The Bertz CT molecular complexity index is 1110. The van der Waals surface area contributed by atoms with Gasteiger partial charge in [-0.3, -0.25) is 4.79 Å². The van der Waals surface area contributed by atoms with E-state index in [-0.39, 0.29) is 22.3 Å². The second kappa shape index (κ2) is 11.9. The monoisotopic (exact) mass is 489 g/mol. The highest BCUT2D eigenvalue weighted by Gasteiger charge is 2.37. The highest BCUT2D eigenvalue weighted by atomic mass is 16.4. The maximum absolute atomic E-state index is 13.6. The number of anilines is 1. The van der Waals surface area contributed by atoms with Gasteiger partial charge in [0.05, 0.1) is 11.3 Å². The smallest absolute Gasteiger partial charge is 0.337 e. The van der Waals surface area contributed by atoms with Crippen molar-refractivity contribution in [2.45, 2.75) is 103 Å². The van der Waals surface area contributed by atoms with Gasteiger partial charge in [0, 0.05) is 5.57 Å². The second-order valence-corrected chi connectivity index (χ2v) is 11.5. The fraction of sp³-hybridized carbons (Fsp3) is 0.500. The van der Waals surface area contributed by atoms with Gasteiger partial charge in [-0.05, 0) is 65.3 Å². The van der Waals surface area contributed by atoms with Gasteiger partial charge in [-0.25, -0.2) is 4.79 Å². The molecule has 0 saturated heterocycles. The van der Waals surface area contributed by atoms with Crippen molar-refractivity contribution in [3.63, 3.8) is 0 Å². The number of unbranched alkanes of at least 4 members (excludes halogenated alkanes) is 6. The fourth-order valence-corrected chi connectivity index (χ4v) is 5.24. The van der Waals surface area contributed by atoms with E-state index in [4.69, 9.17) is 0 Å². The number of carboxylic acids is 1. The Morgan fingerprint density at radius 2 is 1.53 bits per heavy atom. The van der Waals surface area contributed by atoms with Crippen LogP contribution >= 0.6 is 0 Å². The zero-order valence-corrected chi connectivity index (χ0v) is 22.7. The van der Waals surface area contributed by atoms with Crippen LogP contribution in [0.2, 0.25) is 0 Å². The molecule has 0 aromatic heterocycles. The summed E-state index contributed by atoms with van der Waals surface area (Å²) in [4.78, 5) is 25.3. The Morgan fingerprint density at radius 3 is 2.22 bits per heavy atom. The number of carbonyl (C=O) groups is 2. The van der Waals surface area contributed by atoms with Crippen molar-refractivity contribution in [1.82, 2.24) is 0 Å². The summed E-state index contributed by atoms with van der Waals surface area (Å²) in [6, 6.07) is 13.0. The van der Waals surface area contributed by atoms with Crippen molar-refractivity contribution < 1.29 is 14.7 Å². The molecule has 36 heavy (non-hydrogen) atoms. The van der Waals surface area contributed by atoms with Crippen molar-refractivity contribution in [3.05, 3.63) is 70.8 Å². The minimum atomic E-state index is -1.05. The van der Waals surface area contributed by atoms with Crippen molar-refractivity contribution in [2.24, 2.45) is 0 Å². The van der Waals surface area contributed by atoms with Gasteiger partial charge in [0.25, 0.3) is 5.91 Å². The van der Waals surface area contributed by atoms with Crippen LogP contribution in [-0.2, 0) is 15.6 Å². The van der Waals surface area contributed by atoms with Crippen LogP contribution < -0.4 is 5.32 Å². The number of benzene rings is 2. The van der Waals surface area contributed by atoms with Crippen LogP contribution in [0, 0.1) is 0 Å². The number of allylic oxidation sites excluding steroid dienone is 1. The highest BCUT2D eigenvalue weighted by Crippen LogP contribution is 2.46. The fourth-order valence-electron chi connectivity index (χ4n) is 5.24. The maximum Gasteiger partial charge on any atom is 0.337 e. The number of carboxylic acid groups (broad SMARTS) is 1. The third-order valence-electron chi connectivity index (χ3n) is 7.72. The van der Waals surface area contributed by atoms with Gasteiger partial charge in [-0.1, -0.05) is 103 Å². The van der Waals surface area contributed by atoms with Gasteiger partial charge >= 0.3 is 5.97 Å². The standard InChI is InChI=1S/C32H43NO3/c1-6-7-8-9-10-11-12-15-24(29(34)33-28-17-14-13-16-25(28)30(35)36)23-18-19-26-27(22-23)32(4,5)21-20-31(26,2)3/h13-19,22H,6-12,20-21H2,1-5H3,(H,33,34)(H,35,36). The largest absolute Gasteiger partial charge is 0.478 e. The molecule has 194 valence electrons. The number of hydrogen-bond acceptors (Lipinski definition) is 2. The maximum atomic E-state index is 13.6. The van der Waals surface area contributed by atoms with Crippen LogP contribution in [0.15, 0.2) is 48.5 Å². The summed E-state index contributed by atoms with van der Waals surface area (Å²) in [5.41, 5.74) is 4.73. The van der Waals surface area contributed by atoms with E-state index in [0.29, 0.717) is 11.3 Å². The number of rotatable bonds is 11. The molecule has 3 rings (SSSR count). The zero-order valence-electron chi connectivity index (χ0n) is 22.7. The number of nitrogens with one attached hydrogen (secondary N) is 1. The van der Waals surface area contributed by atoms with Gasteiger partial charge in [0.2, 0.25) is 0 Å². The Kier molecular flexibility index (Phi) is 9.16. The lowest BCUT2D eigenvalue weighted by Crippen LogP contribution is -2.34. The zero-order chi connectivity index (χ0) is 26.3. The number of para-hydroxylation sites is 1. The molecular weight excluding hydrogens is 446 g/mol. The summed E-state index contributed by atoms with van der Waals surface area (Å²) in [6.07, 6.45) is 12.3. The predicted octanol–water partition coefficient (Wildman–Crippen LogP) is 8.51. The molecule has 4 heteroatoms. The van der Waals surface area contributed by atoms with Gasteiger partial charge in [-0.15, -0.1) is 0 Å². The van der Waals surface area contributed by atoms with E-state index in [1.54, 1.807) is 18.2 Å². The Hall–Kier alpha value is -2.88. The molecule has 1 aliphatic rings. The van der Waals surface area contributed by atoms with Crippen molar-refractivity contribution >= 4 is 23.1 Å². The van der Waals surface area contributed by atoms with E-state index in [0.717, 1.165) is 37.7 Å². The Labute approximate surface area is 217 Å². The van der Waals surface area contributed by atoms with E-state index < -0.39 is 5.97 Å². The quantitative estimate of drug-likeness (QED) is 0.245. The van der Waals surface area contributed by atoms with Crippen LogP contribution in [-0.4, -0.2) is 17.0 Å². The van der Waals surface area contributed by atoms with Crippen LogP contribution in [0.3, 0.4) is 0 Å². The molecule has 2 N–H and O–H groups in total. The third kappa shape index (κ3) is 6.66. The number of carbonyl (C=O) groups excluding carboxylic acids is 1. The average Bonchev–Trinajstić information content (AvgIpc) is 2.84. The van der Waals surface area contributed by atoms with Gasteiger partial charge in [-0.2, -0.15) is 0 Å². The predicted molar refractivity (Wildman–Crippen MR) is 150 cm³/mol. The molecule has 2 aromatic carbocycles. The van der Waals surface area contributed by atoms with E-state index in [1.165, 1.54) is 42.9 Å². The third-order valence-corrected chi connectivity index (χ3v) is 7.72. The van der Waals surface area contributed by atoms with E-state index in [1.807, 2.05) is 6.08 Å². The molecule has 2 aromatic rings. The van der Waals surface area contributed by atoms with Gasteiger partial charge in [0.1, 0.15) is 0 Å². The highest BCUT2D eigenvalue weighted by molar-refractivity contribution is 6.26. The van der Waals surface area contributed by atoms with Crippen LogP contribution in [0.1, 0.15) is 119 Å². The summed E-state index contributed by atoms with van der Waals surface area (Å²) in [5.74, 6) is -1.32. The molecular formula is C32H43NO3. The summed E-state index contributed by atoms with van der Waals surface area (Å²) >= 11 is 0. The second-order valence-electron chi connectivity index (χ2n) is 11.5. The Balaban J connectivity index is 1.93. The number of fused-ring (bicyclic) bond motifs is 1. The molecule has 0 unspecified atom stereocenters. The molecule has 0 radical (unpaired) electrons. The minimum absolute atomic E-state index is 0.0393. The summed E-state index contributed by atoms with van der Waals surface area (Å²) in [7, 11) is 0. The molecule has 0 bridgehead atoms. The number of aromatic carboxylic acids is 1. The lowest BCUT2D eigenvalue weighted by Gasteiger charge is -2.42. The molecule has 0 aliphatic heterocycles. The molecule has 0 spiro atoms. The normalized spacial score (nSPS) is 16.3.